The van der Waals surface area contributed by atoms with E-state index in [1.807, 2.05) is 29.4 Å². The number of hydrogen-bond acceptors (Lipinski definition) is 5. The highest BCUT2D eigenvalue weighted by Crippen LogP contribution is 2.34. The van der Waals surface area contributed by atoms with Crippen molar-refractivity contribution in [2.24, 2.45) is 0 Å². The third-order valence-corrected chi connectivity index (χ3v) is 6.82. The van der Waals surface area contributed by atoms with Gasteiger partial charge < -0.3 is 4.90 Å². The Kier molecular flexibility index (Phi) is 4.60. The number of aromatic nitrogens is 4. The summed E-state index contributed by atoms with van der Waals surface area (Å²) in [5.74, 6) is 0. The van der Waals surface area contributed by atoms with E-state index in [2.05, 4.69) is 80.2 Å². The molecular formula is C18H18IN5S. The van der Waals surface area contributed by atoms with Crippen LogP contribution in [0.15, 0.2) is 48.1 Å². The molecule has 0 fully saturated rings. The molecule has 3 aromatic rings. The molecule has 7 heteroatoms. The molecule has 0 saturated carbocycles. The average Bonchev–Trinajstić information content (AvgIpc) is 3.33. The second-order valence-electron chi connectivity index (χ2n) is 6.07. The smallest absolute Gasteiger partial charge is 0.128 e. The number of benzene rings is 1. The van der Waals surface area contributed by atoms with Gasteiger partial charge in [0, 0.05) is 7.05 Å². The third kappa shape index (κ3) is 3.10. The Labute approximate surface area is 164 Å². The van der Waals surface area contributed by atoms with Gasteiger partial charge in [-0.25, -0.2) is 9.67 Å². The molecule has 0 amide bonds. The summed E-state index contributed by atoms with van der Waals surface area (Å²) < 4.78 is 2.44. The van der Waals surface area contributed by atoms with Gasteiger partial charge in [0.05, 0.1) is 32.0 Å². The van der Waals surface area contributed by atoms with Crippen molar-refractivity contribution >= 4 is 39.6 Å². The lowest BCUT2D eigenvalue weighted by atomic mass is 10.0. The van der Waals surface area contributed by atoms with Gasteiger partial charge in [-0.2, -0.15) is 0 Å². The molecule has 2 unspecified atom stereocenters. The minimum atomic E-state index is -0.00217. The highest BCUT2D eigenvalue weighted by atomic mass is 127. The van der Waals surface area contributed by atoms with Crippen LogP contribution in [0.1, 0.15) is 34.3 Å². The number of halogens is 1. The number of alkyl halides is 1. The van der Waals surface area contributed by atoms with Crippen molar-refractivity contribution in [1.82, 2.24) is 24.9 Å². The lowest BCUT2D eigenvalue weighted by Gasteiger charge is -2.19. The number of nitrogens with zero attached hydrogens (tertiary/aromatic N) is 5. The van der Waals surface area contributed by atoms with Gasteiger partial charge in [-0.1, -0.05) is 64.2 Å². The summed E-state index contributed by atoms with van der Waals surface area (Å²) in [5.41, 5.74) is 6.20. The van der Waals surface area contributed by atoms with Gasteiger partial charge in [0.2, 0.25) is 0 Å². The van der Waals surface area contributed by atoms with Crippen molar-refractivity contribution < 1.29 is 0 Å². The second-order valence-corrected chi connectivity index (χ2v) is 8.39. The van der Waals surface area contributed by atoms with Gasteiger partial charge in [-0.15, -0.1) is 16.4 Å². The molecular weight excluding hydrogens is 445 g/mol. The topological polar surface area (TPSA) is 46.8 Å². The minimum absolute atomic E-state index is 0.00217. The van der Waals surface area contributed by atoms with E-state index in [0.717, 1.165) is 23.5 Å². The zero-order valence-corrected chi connectivity index (χ0v) is 17.0. The second kappa shape index (κ2) is 6.87. The maximum atomic E-state index is 4.47. The molecule has 128 valence electrons. The maximum Gasteiger partial charge on any atom is 0.128 e. The van der Waals surface area contributed by atoms with Crippen LogP contribution in [0.4, 0.5) is 0 Å². The van der Waals surface area contributed by atoms with Crippen LogP contribution in [0.3, 0.4) is 0 Å². The van der Waals surface area contributed by atoms with Crippen molar-refractivity contribution in [2.45, 2.75) is 23.4 Å². The van der Waals surface area contributed by atoms with Crippen LogP contribution in [0.2, 0.25) is 0 Å². The predicted molar refractivity (Wildman–Crippen MR) is 109 cm³/mol. The minimum Gasteiger partial charge on any atom is -0.361 e. The standard InChI is InChI=1S/C18H18IN5S/c1-12-18(25-11-20-12)17(13-6-4-3-5-7-13)24-10-14(21-22-24)15-8-9-16(19)23(15)2/h3-8,10-11,16-17H,9H2,1-2H3. The zero-order chi connectivity index (χ0) is 17.4. The Balaban J connectivity index is 1.76. The predicted octanol–water partition coefficient (Wildman–Crippen LogP) is 4.12. The van der Waals surface area contributed by atoms with Gasteiger partial charge in [0.1, 0.15) is 11.7 Å². The number of aryl methyl sites for hydroxylation is 1. The van der Waals surface area contributed by atoms with Crippen LogP contribution in [-0.4, -0.2) is 36.0 Å². The van der Waals surface area contributed by atoms with Gasteiger partial charge >= 0.3 is 0 Å². The highest BCUT2D eigenvalue weighted by molar-refractivity contribution is 14.1. The molecule has 1 aliphatic heterocycles. The molecule has 0 aliphatic carbocycles. The molecule has 25 heavy (non-hydrogen) atoms. The van der Waals surface area contributed by atoms with E-state index in [1.54, 1.807) is 11.3 Å². The molecule has 0 bridgehead atoms. The van der Waals surface area contributed by atoms with Gasteiger partial charge in [-0.3, -0.25) is 0 Å². The van der Waals surface area contributed by atoms with E-state index in [4.69, 9.17) is 0 Å². The van der Waals surface area contributed by atoms with Crippen LogP contribution in [-0.2, 0) is 0 Å². The van der Waals surface area contributed by atoms with Gasteiger partial charge in [0.25, 0.3) is 0 Å². The molecule has 1 aromatic carbocycles. The van der Waals surface area contributed by atoms with E-state index in [-0.39, 0.29) is 6.04 Å². The Bertz CT molecular complexity index is 901. The van der Waals surface area contributed by atoms with Crippen molar-refractivity contribution in [2.75, 3.05) is 7.05 Å². The summed E-state index contributed by atoms with van der Waals surface area (Å²) in [6, 6.07) is 10.4. The Morgan fingerprint density at radius 1 is 1.28 bits per heavy atom. The van der Waals surface area contributed by atoms with Crippen molar-refractivity contribution in [3.8, 4) is 0 Å². The van der Waals surface area contributed by atoms with Crippen molar-refractivity contribution in [3.05, 3.63) is 69.9 Å². The van der Waals surface area contributed by atoms with Crippen LogP contribution in [0, 0.1) is 6.92 Å². The molecule has 5 nitrogen and oxygen atoms in total. The van der Waals surface area contributed by atoms with E-state index in [0.29, 0.717) is 4.05 Å². The molecule has 2 aromatic heterocycles. The summed E-state index contributed by atoms with van der Waals surface area (Å²) in [4.78, 5) is 7.88. The Hall–Kier alpha value is -1.74. The van der Waals surface area contributed by atoms with E-state index in [9.17, 15) is 0 Å². The van der Waals surface area contributed by atoms with Crippen LogP contribution >= 0.6 is 33.9 Å². The Morgan fingerprint density at radius 2 is 2.08 bits per heavy atom. The molecule has 2 atom stereocenters. The molecule has 0 radical (unpaired) electrons. The lowest BCUT2D eigenvalue weighted by Crippen LogP contribution is -2.19. The van der Waals surface area contributed by atoms with Crippen LogP contribution in [0.5, 0.6) is 0 Å². The first-order chi connectivity index (χ1) is 12.1. The quantitative estimate of drug-likeness (QED) is 0.332. The monoisotopic (exact) mass is 463 g/mol. The molecule has 0 saturated heterocycles. The summed E-state index contributed by atoms with van der Waals surface area (Å²) in [6.07, 6.45) is 5.32. The molecule has 0 N–H and O–H groups in total. The van der Waals surface area contributed by atoms with Gasteiger partial charge in [0.15, 0.2) is 0 Å². The maximum absolute atomic E-state index is 4.47. The molecule has 1 aliphatic rings. The first-order valence-corrected chi connectivity index (χ1v) is 10.2. The highest BCUT2D eigenvalue weighted by Gasteiger charge is 2.26. The van der Waals surface area contributed by atoms with E-state index >= 15 is 0 Å². The summed E-state index contributed by atoms with van der Waals surface area (Å²) >= 11 is 4.12. The third-order valence-electron chi connectivity index (χ3n) is 4.49. The first kappa shape index (κ1) is 16.7. The summed E-state index contributed by atoms with van der Waals surface area (Å²) in [6.45, 7) is 2.05. The first-order valence-electron chi connectivity index (χ1n) is 8.09. The SMILES string of the molecule is Cc1ncsc1C(c1ccccc1)n1cc(C2=CCC(I)N2C)nn1. The van der Waals surface area contributed by atoms with Crippen LogP contribution in [0.25, 0.3) is 5.70 Å². The fraction of sp³-hybridized carbons (Fsp3) is 0.278. The van der Waals surface area contributed by atoms with Crippen molar-refractivity contribution in [3.63, 3.8) is 0 Å². The molecule has 0 spiro atoms. The number of hydrogen-bond donors (Lipinski definition) is 0. The normalized spacial score (nSPS) is 18.4. The van der Waals surface area contributed by atoms with E-state index in [1.165, 1.54) is 10.4 Å². The molecule has 4 rings (SSSR count). The molecule has 3 heterocycles. The average molecular weight is 463 g/mol. The fourth-order valence-corrected chi connectivity index (χ4v) is 4.58. The largest absolute Gasteiger partial charge is 0.361 e. The Morgan fingerprint density at radius 3 is 2.72 bits per heavy atom. The van der Waals surface area contributed by atoms with Crippen molar-refractivity contribution in [1.29, 1.82) is 0 Å². The van der Waals surface area contributed by atoms with E-state index < -0.39 is 0 Å². The summed E-state index contributed by atoms with van der Waals surface area (Å²) in [5, 5.41) is 8.92. The van der Waals surface area contributed by atoms with Crippen LogP contribution < -0.4 is 0 Å². The summed E-state index contributed by atoms with van der Waals surface area (Å²) in [7, 11) is 2.11. The number of thiazole rings is 1. The van der Waals surface area contributed by atoms with Gasteiger partial charge in [-0.05, 0) is 18.9 Å². The number of rotatable bonds is 4. The fourth-order valence-electron chi connectivity index (χ4n) is 3.10. The zero-order valence-electron chi connectivity index (χ0n) is 14.0. The lowest BCUT2D eigenvalue weighted by molar-refractivity contribution is 0.496.